The molecule has 4 rings (SSSR count). The third kappa shape index (κ3) is 3.83. The highest BCUT2D eigenvalue weighted by molar-refractivity contribution is 7.10. The van der Waals surface area contributed by atoms with Crippen molar-refractivity contribution in [2.45, 2.75) is 51.2 Å². The summed E-state index contributed by atoms with van der Waals surface area (Å²) in [6, 6.07) is 8.98. The quantitative estimate of drug-likeness (QED) is 0.605. The second-order valence-corrected chi connectivity index (χ2v) is 8.71. The van der Waals surface area contributed by atoms with E-state index < -0.39 is 0 Å². The van der Waals surface area contributed by atoms with Crippen molar-refractivity contribution in [2.24, 2.45) is 0 Å². The molecule has 0 saturated heterocycles. The SMILES string of the molecule is CCN(Cc1sccc1OC)C1=C(c2ccc(F)cc2)CC2(CCCC2)OC1. The third-order valence-electron chi connectivity index (χ3n) is 6.09. The van der Waals surface area contributed by atoms with Crippen molar-refractivity contribution in [3.63, 3.8) is 0 Å². The van der Waals surface area contributed by atoms with Gasteiger partial charge in [0.05, 0.1) is 30.7 Å². The van der Waals surface area contributed by atoms with Gasteiger partial charge in [-0.05, 0) is 54.5 Å². The molecule has 150 valence electrons. The Bertz CT molecular complexity index is 837. The predicted octanol–water partition coefficient (Wildman–Crippen LogP) is 5.86. The van der Waals surface area contributed by atoms with Crippen molar-refractivity contribution in [3.05, 3.63) is 57.7 Å². The average molecular weight is 402 g/mol. The van der Waals surface area contributed by atoms with Crippen LogP contribution in [0.2, 0.25) is 0 Å². The highest BCUT2D eigenvalue weighted by Gasteiger charge is 2.40. The summed E-state index contributed by atoms with van der Waals surface area (Å²) in [5.41, 5.74) is 3.61. The average Bonchev–Trinajstić information content (AvgIpc) is 3.36. The van der Waals surface area contributed by atoms with Crippen LogP contribution >= 0.6 is 11.3 Å². The van der Waals surface area contributed by atoms with Crippen LogP contribution in [0, 0.1) is 5.82 Å². The summed E-state index contributed by atoms with van der Waals surface area (Å²) in [5, 5.41) is 2.07. The maximum Gasteiger partial charge on any atom is 0.134 e. The Kier molecular flexibility index (Phi) is 5.74. The minimum Gasteiger partial charge on any atom is -0.496 e. The Balaban J connectivity index is 1.71. The summed E-state index contributed by atoms with van der Waals surface area (Å²) in [6.45, 7) is 4.48. The zero-order chi connectivity index (χ0) is 19.6. The molecule has 0 unspecified atom stereocenters. The van der Waals surface area contributed by atoms with Crippen LogP contribution < -0.4 is 4.74 Å². The summed E-state index contributed by atoms with van der Waals surface area (Å²) < 4.78 is 25.5. The molecule has 28 heavy (non-hydrogen) atoms. The number of rotatable bonds is 6. The lowest BCUT2D eigenvalue weighted by Gasteiger charge is -2.40. The molecule has 0 N–H and O–H groups in total. The fraction of sp³-hybridized carbons (Fsp3) is 0.478. The lowest BCUT2D eigenvalue weighted by Crippen LogP contribution is -2.38. The van der Waals surface area contributed by atoms with E-state index in [0.29, 0.717) is 6.61 Å². The molecule has 0 bridgehead atoms. The maximum atomic E-state index is 13.5. The maximum absolute atomic E-state index is 13.5. The molecule has 1 aliphatic carbocycles. The zero-order valence-electron chi connectivity index (χ0n) is 16.7. The summed E-state index contributed by atoms with van der Waals surface area (Å²) >= 11 is 1.72. The van der Waals surface area contributed by atoms with Crippen molar-refractivity contribution in [1.82, 2.24) is 4.90 Å². The molecular formula is C23H28FNO2S. The molecule has 0 amide bonds. The van der Waals surface area contributed by atoms with Gasteiger partial charge in [-0.1, -0.05) is 25.0 Å². The van der Waals surface area contributed by atoms with E-state index in [-0.39, 0.29) is 11.4 Å². The summed E-state index contributed by atoms with van der Waals surface area (Å²) in [4.78, 5) is 3.60. The van der Waals surface area contributed by atoms with Crippen molar-refractivity contribution in [1.29, 1.82) is 0 Å². The number of likely N-dealkylation sites (N-methyl/N-ethyl adjacent to an activating group) is 1. The van der Waals surface area contributed by atoms with Crippen LogP contribution in [0.1, 0.15) is 49.5 Å². The minimum atomic E-state index is -0.191. The standard InChI is InChI=1S/C23H28FNO2S/c1-3-25(15-22-21(26-2)10-13-28-22)20-16-27-23(11-4-5-12-23)14-19(20)17-6-8-18(24)9-7-17/h6-10,13H,3-5,11-12,14-16H2,1-2H3. The molecule has 1 spiro atoms. The van der Waals surface area contributed by atoms with E-state index in [1.54, 1.807) is 30.6 Å². The molecule has 1 aliphatic heterocycles. The molecule has 5 heteroatoms. The van der Waals surface area contributed by atoms with Gasteiger partial charge < -0.3 is 14.4 Å². The molecule has 1 saturated carbocycles. The van der Waals surface area contributed by atoms with E-state index >= 15 is 0 Å². The normalized spacial score (nSPS) is 18.7. The van der Waals surface area contributed by atoms with Crippen LogP contribution in [0.4, 0.5) is 4.39 Å². The molecular weight excluding hydrogens is 373 g/mol. The van der Waals surface area contributed by atoms with E-state index in [0.717, 1.165) is 43.7 Å². The van der Waals surface area contributed by atoms with E-state index in [9.17, 15) is 4.39 Å². The molecule has 0 radical (unpaired) electrons. The van der Waals surface area contributed by atoms with Crippen LogP contribution in [0.25, 0.3) is 5.57 Å². The van der Waals surface area contributed by atoms with Crippen LogP contribution in [0.5, 0.6) is 5.75 Å². The minimum absolute atomic E-state index is 0.0345. The van der Waals surface area contributed by atoms with E-state index in [1.165, 1.54) is 29.0 Å². The molecule has 2 aliphatic rings. The van der Waals surface area contributed by atoms with Gasteiger partial charge in [-0.15, -0.1) is 11.3 Å². The lowest BCUT2D eigenvalue weighted by atomic mass is 9.85. The predicted molar refractivity (Wildman–Crippen MR) is 112 cm³/mol. The van der Waals surface area contributed by atoms with Crippen molar-refractivity contribution in [3.8, 4) is 5.75 Å². The monoisotopic (exact) mass is 401 g/mol. The topological polar surface area (TPSA) is 21.7 Å². The number of benzene rings is 1. The van der Waals surface area contributed by atoms with Gasteiger partial charge in [0.25, 0.3) is 0 Å². The van der Waals surface area contributed by atoms with Gasteiger partial charge >= 0.3 is 0 Å². The Morgan fingerprint density at radius 3 is 2.61 bits per heavy atom. The fourth-order valence-corrected chi connectivity index (χ4v) is 5.38. The molecule has 3 nitrogen and oxygen atoms in total. The van der Waals surface area contributed by atoms with Crippen LogP contribution in [-0.2, 0) is 11.3 Å². The van der Waals surface area contributed by atoms with E-state index in [4.69, 9.17) is 9.47 Å². The van der Waals surface area contributed by atoms with Gasteiger partial charge in [0.2, 0.25) is 0 Å². The number of halogens is 1. The summed E-state index contributed by atoms with van der Waals surface area (Å²) in [7, 11) is 1.72. The fourth-order valence-electron chi connectivity index (χ4n) is 4.52. The third-order valence-corrected chi connectivity index (χ3v) is 6.98. The van der Waals surface area contributed by atoms with Gasteiger partial charge in [0.1, 0.15) is 11.6 Å². The van der Waals surface area contributed by atoms with Gasteiger partial charge in [-0.3, -0.25) is 0 Å². The Labute approximate surface area is 170 Å². The first-order chi connectivity index (χ1) is 13.6. The number of nitrogens with zero attached hydrogens (tertiary/aromatic N) is 1. The molecule has 0 atom stereocenters. The van der Waals surface area contributed by atoms with E-state index in [2.05, 4.69) is 17.2 Å². The van der Waals surface area contributed by atoms with Crippen molar-refractivity contribution in [2.75, 3.05) is 20.3 Å². The van der Waals surface area contributed by atoms with Crippen LogP contribution in [0.3, 0.4) is 0 Å². The van der Waals surface area contributed by atoms with Crippen molar-refractivity contribution >= 4 is 16.9 Å². The molecule has 2 aromatic rings. The number of hydrogen-bond acceptors (Lipinski definition) is 4. The number of hydrogen-bond donors (Lipinski definition) is 0. The van der Waals surface area contributed by atoms with Gasteiger partial charge in [0.15, 0.2) is 0 Å². The highest BCUT2D eigenvalue weighted by atomic mass is 32.1. The second kappa shape index (κ2) is 8.26. The molecule has 1 fully saturated rings. The first kappa shape index (κ1) is 19.5. The number of thiophene rings is 1. The summed E-state index contributed by atoms with van der Waals surface area (Å²) in [5.74, 6) is 0.751. The second-order valence-electron chi connectivity index (χ2n) is 7.71. The zero-order valence-corrected chi connectivity index (χ0v) is 17.5. The van der Waals surface area contributed by atoms with Gasteiger partial charge in [-0.25, -0.2) is 4.39 Å². The highest BCUT2D eigenvalue weighted by Crippen LogP contribution is 2.45. The van der Waals surface area contributed by atoms with E-state index in [1.807, 2.05) is 18.2 Å². The first-order valence-corrected chi connectivity index (χ1v) is 11.0. The Hall–Kier alpha value is -1.85. The Morgan fingerprint density at radius 2 is 1.93 bits per heavy atom. The number of ether oxygens (including phenoxy) is 2. The smallest absolute Gasteiger partial charge is 0.134 e. The van der Waals surface area contributed by atoms with Crippen LogP contribution in [-0.4, -0.2) is 30.8 Å². The van der Waals surface area contributed by atoms with Gasteiger partial charge in [0, 0.05) is 18.7 Å². The van der Waals surface area contributed by atoms with Crippen LogP contribution in [0.15, 0.2) is 41.4 Å². The molecule has 2 heterocycles. The van der Waals surface area contributed by atoms with Gasteiger partial charge in [-0.2, -0.15) is 0 Å². The lowest BCUT2D eigenvalue weighted by molar-refractivity contribution is -0.0408. The van der Waals surface area contributed by atoms with Crippen molar-refractivity contribution < 1.29 is 13.9 Å². The first-order valence-electron chi connectivity index (χ1n) is 10.1. The molecule has 1 aromatic heterocycles. The number of methoxy groups -OCH3 is 1. The Morgan fingerprint density at radius 1 is 1.18 bits per heavy atom. The summed E-state index contributed by atoms with van der Waals surface area (Å²) in [6.07, 6.45) is 5.61. The largest absolute Gasteiger partial charge is 0.496 e. The molecule has 1 aromatic carbocycles.